The van der Waals surface area contributed by atoms with Crippen molar-refractivity contribution in [2.75, 3.05) is 13.7 Å². The smallest absolute Gasteiger partial charge is 0.266 e. The number of hydrogen-bond donors (Lipinski definition) is 2. The third-order valence-electron chi connectivity index (χ3n) is 3.97. The lowest BCUT2D eigenvalue weighted by Gasteiger charge is -2.13. The van der Waals surface area contributed by atoms with Gasteiger partial charge in [-0.2, -0.15) is 0 Å². The average molecular weight is 446 g/mol. The maximum absolute atomic E-state index is 13.7. The number of methoxy groups -OCH3 is 1. The Kier molecular flexibility index (Phi) is 7.68. The molecule has 1 amide bonds. The largest absolute Gasteiger partial charge is 0.493 e. The Morgan fingerprint density at radius 2 is 1.77 bits per heavy atom. The Hall–Kier alpha value is -2.79. The predicted octanol–water partition coefficient (Wildman–Crippen LogP) is 3.16. The molecule has 0 saturated carbocycles. The Bertz CT molecular complexity index is 1030. The summed E-state index contributed by atoms with van der Waals surface area (Å²) >= 11 is 0. The van der Waals surface area contributed by atoms with E-state index in [0.717, 1.165) is 6.42 Å². The van der Waals surface area contributed by atoms with Crippen LogP contribution in [0, 0.1) is 23.4 Å². The summed E-state index contributed by atoms with van der Waals surface area (Å²) in [7, 11) is -3.32. The van der Waals surface area contributed by atoms with Crippen molar-refractivity contribution < 1.29 is 35.9 Å². The number of hydrazine groups is 1. The third kappa shape index (κ3) is 5.63. The Morgan fingerprint density at radius 1 is 1.07 bits per heavy atom. The van der Waals surface area contributed by atoms with Gasteiger partial charge in [-0.05, 0) is 42.7 Å². The molecule has 7 nitrogen and oxygen atoms in total. The molecule has 30 heavy (non-hydrogen) atoms. The number of nitrogens with one attached hydrogen (secondary N) is 2. The summed E-state index contributed by atoms with van der Waals surface area (Å²) in [5.74, 6) is -5.19. The minimum Gasteiger partial charge on any atom is -0.493 e. The molecule has 0 heterocycles. The zero-order chi connectivity index (χ0) is 22.5. The van der Waals surface area contributed by atoms with Gasteiger partial charge in [0.1, 0.15) is 4.90 Å². The van der Waals surface area contributed by atoms with Gasteiger partial charge in [0, 0.05) is 5.56 Å². The molecule has 0 aliphatic heterocycles. The zero-order valence-corrected chi connectivity index (χ0v) is 17.3. The van der Waals surface area contributed by atoms with Gasteiger partial charge in [0.15, 0.2) is 29.0 Å². The molecular weight excluding hydrogens is 425 g/mol. The highest BCUT2D eigenvalue weighted by Gasteiger charge is 2.24. The minimum atomic E-state index is -4.70. The van der Waals surface area contributed by atoms with Crippen LogP contribution in [-0.2, 0) is 10.0 Å². The first kappa shape index (κ1) is 23.5. The first-order chi connectivity index (χ1) is 14.1. The number of sulfonamides is 1. The third-order valence-corrected chi connectivity index (χ3v) is 5.23. The SMILES string of the molecule is COc1cc(C(=O)NNS(=O)(=O)c2ccc(F)c(F)c2F)ccc1OCCC(C)C. The van der Waals surface area contributed by atoms with Crippen LogP contribution in [0.1, 0.15) is 30.6 Å². The molecule has 0 bridgehead atoms. The van der Waals surface area contributed by atoms with Crippen LogP contribution in [0.3, 0.4) is 0 Å². The second-order valence-corrected chi connectivity index (χ2v) is 8.28. The van der Waals surface area contributed by atoms with Crippen molar-refractivity contribution in [1.82, 2.24) is 10.3 Å². The second kappa shape index (κ2) is 9.81. The Morgan fingerprint density at radius 3 is 2.40 bits per heavy atom. The molecule has 2 aromatic carbocycles. The molecule has 0 fully saturated rings. The molecule has 11 heteroatoms. The zero-order valence-electron chi connectivity index (χ0n) is 16.5. The number of carbonyl (C=O) groups excluding carboxylic acids is 1. The maximum atomic E-state index is 13.7. The lowest BCUT2D eigenvalue weighted by atomic mass is 10.1. The van der Waals surface area contributed by atoms with E-state index in [4.69, 9.17) is 9.47 Å². The number of hydrogen-bond acceptors (Lipinski definition) is 5. The van der Waals surface area contributed by atoms with E-state index in [1.165, 1.54) is 25.3 Å². The number of rotatable bonds is 9. The summed E-state index contributed by atoms with van der Waals surface area (Å²) < 4.78 is 75.0. The summed E-state index contributed by atoms with van der Waals surface area (Å²) in [6.45, 7) is 4.53. The highest BCUT2D eigenvalue weighted by atomic mass is 32.2. The van der Waals surface area contributed by atoms with E-state index in [0.29, 0.717) is 30.4 Å². The van der Waals surface area contributed by atoms with Gasteiger partial charge in [0.25, 0.3) is 15.9 Å². The standard InChI is InChI=1S/C19H21F3N2O5S/c1-11(2)8-9-29-14-6-4-12(10-15(14)28-3)19(25)23-24-30(26,27)16-7-5-13(20)17(21)18(16)22/h4-7,10-11,24H,8-9H2,1-3H3,(H,23,25). The van der Waals surface area contributed by atoms with Crippen molar-refractivity contribution in [3.63, 3.8) is 0 Å². The van der Waals surface area contributed by atoms with E-state index >= 15 is 0 Å². The van der Waals surface area contributed by atoms with Crippen molar-refractivity contribution >= 4 is 15.9 Å². The number of halogens is 3. The van der Waals surface area contributed by atoms with Crippen LogP contribution in [0.5, 0.6) is 11.5 Å². The van der Waals surface area contributed by atoms with Gasteiger partial charge in [-0.25, -0.2) is 21.6 Å². The van der Waals surface area contributed by atoms with Crippen molar-refractivity contribution in [2.24, 2.45) is 5.92 Å². The quantitative estimate of drug-likeness (QED) is 0.456. The van der Waals surface area contributed by atoms with Crippen molar-refractivity contribution in [1.29, 1.82) is 0 Å². The van der Waals surface area contributed by atoms with Crippen LogP contribution >= 0.6 is 0 Å². The van der Waals surface area contributed by atoms with E-state index in [-0.39, 0.29) is 11.3 Å². The first-order valence-electron chi connectivity index (χ1n) is 8.83. The molecule has 0 spiro atoms. The van der Waals surface area contributed by atoms with E-state index in [9.17, 15) is 26.4 Å². The molecule has 0 aromatic heterocycles. The van der Waals surface area contributed by atoms with E-state index in [1.807, 2.05) is 19.3 Å². The Labute approximate surface area is 172 Å². The summed E-state index contributed by atoms with van der Waals surface area (Å²) in [5, 5.41) is 0. The maximum Gasteiger partial charge on any atom is 0.266 e. The molecule has 0 saturated heterocycles. The van der Waals surface area contributed by atoms with Gasteiger partial charge in [0.2, 0.25) is 0 Å². The molecule has 0 atom stereocenters. The first-order valence-corrected chi connectivity index (χ1v) is 10.3. The topological polar surface area (TPSA) is 93.7 Å². The minimum absolute atomic E-state index is 0.0107. The molecule has 0 unspecified atom stereocenters. The van der Waals surface area contributed by atoms with Crippen LogP contribution in [0.4, 0.5) is 13.2 Å². The average Bonchev–Trinajstić information content (AvgIpc) is 2.70. The highest BCUT2D eigenvalue weighted by molar-refractivity contribution is 7.89. The van der Waals surface area contributed by atoms with Gasteiger partial charge in [-0.1, -0.05) is 13.8 Å². The fraction of sp³-hybridized carbons (Fsp3) is 0.316. The van der Waals surface area contributed by atoms with Gasteiger partial charge in [-0.3, -0.25) is 10.2 Å². The van der Waals surface area contributed by atoms with E-state index in [1.54, 1.807) is 4.83 Å². The predicted molar refractivity (Wildman–Crippen MR) is 102 cm³/mol. The fourth-order valence-electron chi connectivity index (χ4n) is 2.29. The van der Waals surface area contributed by atoms with Gasteiger partial charge >= 0.3 is 0 Å². The normalized spacial score (nSPS) is 11.4. The van der Waals surface area contributed by atoms with Gasteiger partial charge in [-0.15, -0.1) is 4.83 Å². The van der Waals surface area contributed by atoms with Crippen LogP contribution in [0.15, 0.2) is 35.2 Å². The number of amides is 1. The molecular formula is C19H21F3N2O5S. The Balaban J connectivity index is 2.11. The molecule has 2 rings (SSSR count). The summed E-state index contributed by atoms with van der Waals surface area (Å²) in [4.78, 5) is 12.7. The van der Waals surface area contributed by atoms with Crippen LogP contribution in [0.2, 0.25) is 0 Å². The lowest BCUT2D eigenvalue weighted by molar-refractivity contribution is 0.0944. The summed E-state index contributed by atoms with van der Waals surface area (Å²) in [6, 6.07) is 5.17. The number of ether oxygens (including phenoxy) is 2. The van der Waals surface area contributed by atoms with Crippen molar-refractivity contribution in [3.8, 4) is 11.5 Å². The monoisotopic (exact) mass is 446 g/mol. The highest BCUT2D eigenvalue weighted by Crippen LogP contribution is 2.28. The van der Waals surface area contributed by atoms with Crippen molar-refractivity contribution in [2.45, 2.75) is 25.2 Å². The van der Waals surface area contributed by atoms with E-state index < -0.39 is 38.3 Å². The summed E-state index contributed by atoms with van der Waals surface area (Å²) in [6.07, 6.45) is 0.813. The second-order valence-electron chi connectivity index (χ2n) is 6.63. The lowest BCUT2D eigenvalue weighted by Crippen LogP contribution is -2.41. The molecule has 2 N–H and O–H groups in total. The fourth-order valence-corrected chi connectivity index (χ4v) is 3.20. The van der Waals surface area contributed by atoms with E-state index in [2.05, 4.69) is 0 Å². The van der Waals surface area contributed by atoms with Crippen LogP contribution < -0.4 is 19.7 Å². The van der Waals surface area contributed by atoms with Crippen LogP contribution in [0.25, 0.3) is 0 Å². The van der Waals surface area contributed by atoms with Crippen LogP contribution in [-0.4, -0.2) is 28.0 Å². The molecule has 0 aliphatic carbocycles. The number of benzene rings is 2. The van der Waals surface area contributed by atoms with Gasteiger partial charge in [0.05, 0.1) is 13.7 Å². The summed E-state index contributed by atoms with van der Waals surface area (Å²) in [5.41, 5.74) is 1.88. The molecule has 164 valence electrons. The molecule has 2 aromatic rings. The molecule has 0 radical (unpaired) electrons. The molecule has 0 aliphatic rings. The van der Waals surface area contributed by atoms with Gasteiger partial charge < -0.3 is 9.47 Å². The van der Waals surface area contributed by atoms with Crippen molar-refractivity contribution in [3.05, 3.63) is 53.3 Å². The number of carbonyl (C=O) groups is 1.